The summed E-state index contributed by atoms with van der Waals surface area (Å²) in [6.45, 7) is 3.54. The third-order valence-electron chi connectivity index (χ3n) is 11.8. The molecule has 5 heterocycles. The molecule has 2 saturated heterocycles. The molecular weight excluding hydrogens is 1150 g/mol. The summed E-state index contributed by atoms with van der Waals surface area (Å²) in [6, 6.07) is 20.2. The minimum absolute atomic E-state index is 0.00577. The third kappa shape index (κ3) is 15.9. The standard InChI is InChI=1S/C22H24O10.C18H16O8.C16H12O7.2C2H4O/c1-27-12-31-14-10-15(25)19-18(11-14)32-21(22(28-2)20(19)26)13-3-4-16(29-7-5-23)17(9-13)30-8-6-24;1-23-8-25-10-6-13(21)15-14(7-10)26-17(18(24-2)16(15)22)9-3-4-11(19)12(20)5-9;1-22-16-14(21)13-11(20)5-8(17)6-12(13)23-15(16)7-2-3-9(18)10(19)4-7;2*1-2-3-1/h3-4,9-11,23-25H,5-8,12H2,1-2H3;3-7,19-21H,8H2,1-2H3;2-6,17-20H,1H3;2*1-2H2. The first-order valence-corrected chi connectivity index (χ1v) is 25.8. The van der Waals surface area contributed by atoms with E-state index in [-0.39, 0.29) is 165 Å². The molecule has 0 unspecified atom stereocenters. The van der Waals surface area contributed by atoms with Crippen molar-refractivity contribution in [1.29, 1.82) is 0 Å². The zero-order chi connectivity index (χ0) is 62.9. The fraction of sp³-hybridized carbons (Fsp3) is 0.250. The Morgan fingerprint density at radius 2 is 0.747 bits per heavy atom. The molecule has 11 rings (SSSR count). The molecule has 6 aromatic carbocycles. The number of rotatable bonds is 18. The maximum atomic E-state index is 13.0. The van der Waals surface area contributed by atoms with E-state index >= 15 is 0 Å². The number of aromatic hydroxyl groups is 8. The predicted octanol–water partition coefficient (Wildman–Crippen LogP) is 6.79. The van der Waals surface area contributed by atoms with Crippen LogP contribution in [0.1, 0.15) is 0 Å². The van der Waals surface area contributed by atoms with Gasteiger partial charge in [0.15, 0.2) is 65.4 Å². The molecule has 0 spiro atoms. The maximum absolute atomic E-state index is 13.0. The number of phenolic OH excluding ortho intramolecular Hbond substituents is 8. The summed E-state index contributed by atoms with van der Waals surface area (Å²) in [5.74, 6) is -2.02. The Balaban J connectivity index is 0.000000179. The molecule has 2 aliphatic heterocycles. The van der Waals surface area contributed by atoms with Gasteiger partial charge < -0.3 is 116 Å². The fourth-order valence-corrected chi connectivity index (χ4v) is 7.85. The van der Waals surface area contributed by atoms with E-state index in [1.807, 2.05) is 0 Å². The van der Waals surface area contributed by atoms with E-state index in [1.165, 1.54) is 102 Å². The van der Waals surface area contributed by atoms with Gasteiger partial charge in [-0.25, -0.2) is 0 Å². The Labute approximate surface area is 491 Å². The lowest BCUT2D eigenvalue weighted by Crippen LogP contribution is -2.09. The van der Waals surface area contributed by atoms with Crippen LogP contribution >= 0.6 is 0 Å². The van der Waals surface area contributed by atoms with Gasteiger partial charge in [0.1, 0.15) is 80.6 Å². The number of epoxide rings is 2. The molecule has 0 amide bonds. The largest absolute Gasteiger partial charge is 0.508 e. The van der Waals surface area contributed by atoms with Crippen LogP contribution < -0.4 is 49.4 Å². The number of methoxy groups -OCH3 is 5. The van der Waals surface area contributed by atoms with Crippen LogP contribution in [0.25, 0.3) is 66.9 Å². The zero-order valence-corrected chi connectivity index (χ0v) is 47.1. The molecule has 3 aromatic heterocycles. The van der Waals surface area contributed by atoms with Gasteiger partial charge in [-0.15, -0.1) is 0 Å². The molecule has 0 saturated carbocycles. The van der Waals surface area contributed by atoms with Crippen LogP contribution in [-0.2, 0) is 18.9 Å². The topological polar surface area (TPSA) is 401 Å². The van der Waals surface area contributed by atoms with E-state index in [9.17, 15) is 55.2 Å². The highest BCUT2D eigenvalue weighted by molar-refractivity contribution is 5.91. The monoisotopic (exact) mass is 1210 g/mol. The summed E-state index contributed by atoms with van der Waals surface area (Å²) in [4.78, 5) is 38.3. The van der Waals surface area contributed by atoms with Crippen molar-refractivity contribution in [3.63, 3.8) is 0 Å². The summed E-state index contributed by atoms with van der Waals surface area (Å²) in [5, 5.41) is 95.9. The van der Waals surface area contributed by atoms with E-state index in [4.69, 9.17) is 66.1 Å². The van der Waals surface area contributed by atoms with Gasteiger partial charge in [0.2, 0.25) is 33.5 Å². The maximum Gasteiger partial charge on any atom is 0.239 e. The van der Waals surface area contributed by atoms with Crippen molar-refractivity contribution in [2.75, 3.05) is 102 Å². The molecule has 0 atom stereocenters. The highest BCUT2D eigenvalue weighted by atomic mass is 16.7. The Hall–Kier alpha value is -10.3. The quantitative estimate of drug-likeness (QED) is 0.0240. The fourth-order valence-electron chi connectivity index (χ4n) is 7.85. The first-order valence-electron chi connectivity index (χ1n) is 25.8. The number of ether oxygens (including phenoxy) is 11. The summed E-state index contributed by atoms with van der Waals surface area (Å²) in [5.41, 5.74) is -0.694. The van der Waals surface area contributed by atoms with Crippen molar-refractivity contribution >= 4 is 32.9 Å². The minimum Gasteiger partial charge on any atom is -0.508 e. The number of aliphatic hydroxyl groups excluding tert-OH is 2. The van der Waals surface area contributed by atoms with Crippen LogP contribution in [0.4, 0.5) is 0 Å². The van der Waals surface area contributed by atoms with Gasteiger partial charge in [0, 0.05) is 67.3 Å². The number of aliphatic hydroxyl groups is 2. The number of fused-ring (bicyclic) bond motifs is 3. The first-order chi connectivity index (χ1) is 41.9. The second-order valence-corrected chi connectivity index (χ2v) is 17.9. The zero-order valence-electron chi connectivity index (χ0n) is 47.1. The lowest BCUT2D eigenvalue weighted by molar-refractivity contribution is 0.0508. The third-order valence-corrected chi connectivity index (χ3v) is 11.8. The molecule has 87 heavy (non-hydrogen) atoms. The van der Waals surface area contributed by atoms with Gasteiger partial charge in [-0.2, -0.15) is 0 Å². The minimum atomic E-state index is -0.631. The second-order valence-electron chi connectivity index (χ2n) is 17.9. The lowest BCUT2D eigenvalue weighted by atomic mass is 10.1. The van der Waals surface area contributed by atoms with Crippen LogP contribution in [0.5, 0.6) is 86.2 Å². The Morgan fingerprint density at radius 3 is 1.10 bits per heavy atom. The van der Waals surface area contributed by atoms with Gasteiger partial charge in [0.05, 0.1) is 61.0 Å². The number of benzene rings is 6. The normalized spacial score (nSPS) is 11.8. The van der Waals surface area contributed by atoms with E-state index in [0.29, 0.717) is 16.9 Å². The van der Waals surface area contributed by atoms with Gasteiger partial charge in [0.25, 0.3) is 0 Å². The Bertz CT molecular complexity index is 4020. The van der Waals surface area contributed by atoms with Gasteiger partial charge in [-0.1, -0.05) is 0 Å². The highest BCUT2D eigenvalue weighted by Crippen LogP contribution is 2.42. The van der Waals surface area contributed by atoms with Crippen LogP contribution in [0, 0.1) is 0 Å². The molecule has 27 nitrogen and oxygen atoms in total. The van der Waals surface area contributed by atoms with E-state index in [0.717, 1.165) is 32.5 Å². The Kier molecular flexibility index (Phi) is 22.2. The second kappa shape index (κ2) is 30.0. The van der Waals surface area contributed by atoms with Gasteiger partial charge in [-0.05, 0) is 54.6 Å². The van der Waals surface area contributed by atoms with Crippen LogP contribution in [0.2, 0.25) is 0 Å². The van der Waals surface area contributed by atoms with E-state index < -0.39 is 27.8 Å². The van der Waals surface area contributed by atoms with Crippen molar-refractivity contribution in [1.82, 2.24) is 0 Å². The van der Waals surface area contributed by atoms with Crippen molar-refractivity contribution < 1.29 is 116 Å². The van der Waals surface area contributed by atoms with E-state index in [2.05, 4.69) is 9.47 Å². The van der Waals surface area contributed by atoms with Crippen molar-refractivity contribution in [2.24, 2.45) is 0 Å². The predicted molar refractivity (Wildman–Crippen MR) is 309 cm³/mol. The molecule has 10 N–H and O–H groups in total. The van der Waals surface area contributed by atoms with Crippen molar-refractivity contribution in [3.8, 4) is 120 Å². The summed E-state index contributed by atoms with van der Waals surface area (Å²) in [7, 11) is 6.76. The number of hydrogen-bond acceptors (Lipinski definition) is 27. The lowest BCUT2D eigenvalue weighted by Gasteiger charge is -2.15. The average Bonchev–Trinajstić information content (AvgIpc) is 1.92. The smallest absolute Gasteiger partial charge is 0.239 e. The Morgan fingerprint density at radius 1 is 0.391 bits per heavy atom. The number of hydrogen-bond donors (Lipinski definition) is 10. The van der Waals surface area contributed by atoms with Crippen molar-refractivity contribution in [2.45, 2.75) is 0 Å². The van der Waals surface area contributed by atoms with E-state index in [1.54, 1.807) is 18.2 Å². The van der Waals surface area contributed by atoms with Crippen LogP contribution in [0.15, 0.2) is 119 Å². The van der Waals surface area contributed by atoms with Crippen molar-refractivity contribution in [3.05, 3.63) is 122 Å². The molecule has 0 bridgehead atoms. The van der Waals surface area contributed by atoms with Crippen LogP contribution in [0.3, 0.4) is 0 Å². The molecule has 2 aliphatic rings. The SMILES string of the molecule is C1CO1.C1CO1.COCOc1cc(O)c2c(=O)c(OC)c(-c3ccc(O)c(O)c3)oc2c1.COCOc1cc(O)c2c(=O)c(OC)c(-c3ccc(OCCO)c(OCCO)c3)oc2c1.COc1c(-c2ccc(O)c(O)c2)oc2cc(O)cc(O)c2c1=O. The molecular formula is C60H60O27. The molecule has 2 fully saturated rings. The summed E-state index contributed by atoms with van der Waals surface area (Å²) in [6.07, 6.45) is 0. The van der Waals surface area contributed by atoms with Gasteiger partial charge in [-0.3, -0.25) is 14.4 Å². The van der Waals surface area contributed by atoms with Crippen LogP contribution in [-0.4, -0.2) is 153 Å². The molecule has 9 aromatic rings. The highest BCUT2D eigenvalue weighted by Gasteiger charge is 2.25. The van der Waals surface area contributed by atoms with Gasteiger partial charge >= 0.3 is 0 Å². The summed E-state index contributed by atoms with van der Waals surface area (Å²) >= 11 is 0. The molecule has 0 radical (unpaired) electrons. The molecule has 462 valence electrons. The first kappa shape index (κ1) is 64.3. The molecule has 27 heteroatoms. The summed E-state index contributed by atoms with van der Waals surface area (Å²) < 4.78 is 73.0. The number of phenols is 8. The average molecular weight is 1210 g/mol. The molecule has 0 aliphatic carbocycles.